The van der Waals surface area contributed by atoms with E-state index in [0.29, 0.717) is 11.5 Å². The number of nitrogens with zero attached hydrogens (tertiary/aromatic N) is 1. The number of carbonyl (C=O) groups excluding carboxylic acids is 1. The van der Waals surface area contributed by atoms with E-state index >= 15 is 0 Å². The van der Waals surface area contributed by atoms with Crippen molar-refractivity contribution in [1.29, 1.82) is 0 Å². The summed E-state index contributed by atoms with van der Waals surface area (Å²) in [5.74, 6) is 1.04. The molecule has 1 aliphatic rings. The molecule has 4 nitrogen and oxygen atoms in total. The van der Waals surface area contributed by atoms with Crippen LogP contribution >= 0.6 is 23.1 Å². The number of rotatable bonds is 5. The summed E-state index contributed by atoms with van der Waals surface area (Å²) in [6.07, 6.45) is 4.51. The number of thioether (sulfide) groups is 1. The van der Waals surface area contributed by atoms with Crippen molar-refractivity contribution in [3.8, 4) is 0 Å². The predicted octanol–water partition coefficient (Wildman–Crippen LogP) is 5.16. The summed E-state index contributed by atoms with van der Waals surface area (Å²) in [7, 11) is 0. The largest absolute Gasteiger partial charge is 0.451 e. The minimum atomic E-state index is -0.0889. The third-order valence-corrected chi connectivity index (χ3v) is 6.70. The molecule has 0 saturated heterocycles. The molecule has 2 aromatic heterocycles. The Morgan fingerprint density at radius 3 is 2.92 bits per heavy atom. The van der Waals surface area contributed by atoms with Crippen molar-refractivity contribution in [3.05, 3.63) is 46.7 Å². The summed E-state index contributed by atoms with van der Waals surface area (Å²) in [5, 5.41) is 6.20. The van der Waals surface area contributed by atoms with Gasteiger partial charge < -0.3 is 9.73 Å². The molecule has 6 heteroatoms. The first kappa shape index (κ1) is 16.7. The lowest BCUT2D eigenvalue weighted by Gasteiger charge is -2.11. The molecule has 0 spiro atoms. The number of para-hydroxylation sites is 1. The van der Waals surface area contributed by atoms with E-state index in [4.69, 9.17) is 4.42 Å². The summed E-state index contributed by atoms with van der Waals surface area (Å²) in [6, 6.07) is 8.14. The van der Waals surface area contributed by atoms with Gasteiger partial charge in [-0.05, 0) is 25.8 Å². The van der Waals surface area contributed by atoms with Gasteiger partial charge in [-0.2, -0.15) is 0 Å². The summed E-state index contributed by atoms with van der Waals surface area (Å²) >= 11 is 3.29. The molecule has 1 N–H and O–H groups in total. The van der Waals surface area contributed by atoms with Gasteiger partial charge in [-0.3, -0.25) is 4.79 Å². The van der Waals surface area contributed by atoms with E-state index in [1.165, 1.54) is 12.8 Å². The number of fused-ring (bicyclic) bond motifs is 1. The van der Waals surface area contributed by atoms with Crippen LogP contribution in [0.2, 0.25) is 0 Å². The van der Waals surface area contributed by atoms with Crippen molar-refractivity contribution in [2.45, 2.75) is 48.7 Å². The number of aryl methyl sites for hydroxylation is 1. The number of carbonyl (C=O) groups is 1. The van der Waals surface area contributed by atoms with Gasteiger partial charge in [-0.25, -0.2) is 4.98 Å². The fourth-order valence-electron chi connectivity index (χ4n) is 3.28. The molecule has 1 fully saturated rings. The van der Waals surface area contributed by atoms with Gasteiger partial charge in [0.2, 0.25) is 0 Å². The Balaban J connectivity index is 1.61. The van der Waals surface area contributed by atoms with E-state index in [1.807, 2.05) is 36.6 Å². The molecule has 1 aromatic carbocycles. The lowest BCUT2D eigenvalue weighted by Crippen LogP contribution is -2.32. The number of benzene rings is 1. The Kier molecular flexibility index (Phi) is 4.81. The van der Waals surface area contributed by atoms with Crippen LogP contribution in [0.25, 0.3) is 11.0 Å². The number of hydrogen-bond acceptors (Lipinski definition) is 5. The van der Waals surface area contributed by atoms with E-state index in [9.17, 15) is 4.79 Å². The van der Waals surface area contributed by atoms with Crippen LogP contribution in [0.15, 0.2) is 38.4 Å². The molecule has 130 valence electrons. The highest BCUT2D eigenvalue weighted by atomic mass is 32.2. The standard InChI is InChI=1S/C19H20N2O2S2/c1-12-10-24-19(20-12)25-11-15-14-8-4-5-9-16(14)23-17(15)18(22)21-13-6-2-3-7-13/h4-5,8-10,13H,2-3,6-7,11H2,1H3,(H,21,22). The maximum Gasteiger partial charge on any atom is 0.287 e. The Morgan fingerprint density at radius 1 is 1.36 bits per heavy atom. The molecule has 1 saturated carbocycles. The van der Waals surface area contributed by atoms with Gasteiger partial charge in [-0.15, -0.1) is 11.3 Å². The summed E-state index contributed by atoms with van der Waals surface area (Å²) in [5.41, 5.74) is 2.76. The minimum absolute atomic E-state index is 0.0889. The van der Waals surface area contributed by atoms with Crippen LogP contribution < -0.4 is 5.32 Å². The fourth-order valence-corrected chi connectivity index (χ4v) is 5.16. The van der Waals surface area contributed by atoms with Crippen LogP contribution in [0.5, 0.6) is 0 Å². The van der Waals surface area contributed by atoms with E-state index in [1.54, 1.807) is 23.1 Å². The predicted molar refractivity (Wildman–Crippen MR) is 102 cm³/mol. The van der Waals surface area contributed by atoms with E-state index < -0.39 is 0 Å². The third kappa shape index (κ3) is 3.60. The van der Waals surface area contributed by atoms with E-state index in [0.717, 1.165) is 39.4 Å². The smallest absolute Gasteiger partial charge is 0.287 e. The minimum Gasteiger partial charge on any atom is -0.451 e. The van der Waals surface area contributed by atoms with Crippen LogP contribution in [-0.2, 0) is 5.75 Å². The van der Waals surface area contributed by atoms with Crippen molar-refractivity contribution in [2.75, 3.05) is 0 Å². The number of thiazole rings is 1. The zero-order valence-corrected chi connectivity index (χ0v) is 15.7. The lowest BCUT2D eigenvalue weighted by molar-refractivity contribution is 0.0911. The molecular weight excluding hydrogens is 352 g/mol. The van der Waals surface area contributed by atoms with Gasteiger partial charge in [0.15, 0.2) is 5.76 Å². The van der Waals surface area contributed by atoms with Crippen LogP contribution in [0.1, 0.15) is 47.5 Å². The number of amides is 1. The summed E-state index contributed by atoms with van der Waals surface area (Å²) in [6.45, 7) is 1.99. The lowest BCUT2D eigenvalue weighted by atomic mass is 10.1. The second-order valence-corrected chi connectivity index (χ2v) is 8.48. The molecule has 1 aliphatic carbocycles. The second-order valence-electron chi connectivity index (χ2n) is 6.40. The number of aromatic nitrogens is 1. The zero-order valence-electron chi connectivity index (χ0n) is 14.1. The second kappa shape index (κ2) is 7.22. The van der Waals surface area contributed by atoms with Gasteiger partial charge in [0, 0.05) is 33.8 Å². The molecule has 0 radical (unpaired) electrons. The number of furan rings is 1. The monoisotopic (exact) mass is 372 g/mol. The Morgan fingerprint density at radius 2 is 2.16 bits per heavy atom. The first-order valence-electron chi connectivity index (χ1n) is 8.57. The molecule has 25 heavy (non-hydrogen) atoms. The molecule has 3 aromatic rings. The van der Waals surface area contributed by atoms with Crippen molar-refractivity contribution in [3.63, 3.8) is 0 Å². The molecule has 0 bridgehead atoms. The van der Waals surface area contributed by atoms with Crippen LogP contribution in [-0.4, -0.2) is 16.9 Å². The highest BCUT2D eigenvalue weighted by molar-refractivity contribution is 8.00. The van der Waals surface area contributed by atoms with Crippen molar-refractivity contribution in [1.82, 2.24) is 10.3 Å². The molecule has 1 amide bonds. The number of nitrogens with one attached hydrogen (secondary N) is 1. The van der Waals surface area contributed by atoms with Crippen LogP contribution in [0.3, 0.4) is 0 Å². The highest BCUT2D eigenvalue weighted by Gasteiger charge is 2.24. The molecule has 0 aliphatic heterocycles. The Labute approximate surface area is 155 Å². The van der Waals surface area contributed by atoms with Crippen molar-refractivity contribution >= 4 is 40.0 Å². The highest BCUT2D eigenvalue weighted by Crippen LogP contribution is 2.33. The van der Waals surface area contributed by atoms with Crippen molar-refractivity contribution in [2.24, 2.45) is 0 Å². The molecule has 0 atom stereocenters. The average molecular weight is 373 g/mol. The van der Waals surface area contributed by atoms with Gasteiger partial charge in [-0.1, -0.05) is 42.8 Å². The van der Waals surface area contributed by atoms with Crippen LogP contribution in [0, 0.1) is 6.92 Å². The fraction of sp³-hybridized carbons (Fsp3) is 0.368. The van der Waals surface area contributed by atoms with E-state index in [2.05, 4.69) is 10.3 Å². The molecule has 0 unspecified atom stereocenters. The summed E-state index contributed by atoms with van der Waals surface area (Å²) in [4.78, 5) is 17.3. The van der Waals surface area contributed by atoms with Gasteiger partial charge >= 0.3 is 0 Å². The van der Waals surface area contributed by atoms with Gasteiger partial charge in [0.05, 0.1) is 0 Å². The average Bonchev–Trinajstić information content (AvgIpc) is 3.33. The Bertz CT molecular complexity index is 894. The molecular formula is C19H20N2O2S2. The maximum atomic E-state index is 12.8. The van der Waals surface area contributed by atoms with Crippen molar-refractivity contribution < 1.29 is 9.21 Å². The first-order valence-corrected chi connectivity index (χ1v) is 10.4. The maximum absolute atomic E-state index is 12.8. The molecule has 4 rings (SSSR count). The topological polar surface area (TPSA) is 55.1 Å². The van der Waals surface area contributed by atoms with Gasteiger partial charge in [0.25, 0.3) is 5.91 Å². The normalized spacial score (nSPS) is 15.1. The first-order chi connectivity index (χ1) is 12.2. The van der Waals surface area contributed by atoms with Crippen LogP contribution in [0.4, 0.5) is 0 Å². The van der Waals surface area contributed by atoms with E-state index in [-0.39, 0.29) is 11.9 Å². The molecule has 2 heterocycles. The quantitative estimate of drug-likeness (QED) is 0.628. The zero-order chi connectivity index (χ0) is 17.2. The third-order valence-electron chi connectivity index (χ3n) is 4.53. The number of hydrogen-bond donors (Lipinski definition) is 1. The summed E-state index contributed by atoms with van der Waals surface area (Å²) < 4.78 is 6.94. The Hall–Kier alpha value is -1.79. The van der Waals surface area contributed by atoms with Gasteiger partial charge in [0.1, 0.15) is 9.92 Å². The SMILES string of the molecule is Cc1csc(SCc2c(C(=O)NC3CCCC3)oc3ccccc23)n1.